The van der Waals surface area contributed by atoms with E-state index in [4.69, 9.17) is 5.11 Å². The Hall–Kier alpha value is -2.18. The largest absolute Gasteiger partial charge is 0.478 e. The summed E-state index contributed by atoms with van der Waals surface area (Å²) in [6.07, 6.45) is 0. The monoisotopic (exact) mass is 316 g/mol. The van der Waals surface area contributed by atoms with Crippen LogP contribution in [-0.2, 0) is 0 Å². The summed E-state index contributed by atoms with van der Waals surface area (Å²) < 4.78 is 0. The van der Waals surface area contributed by atoms with E-state index in [0.717, 1.165) is 26.3 Å². The molecule has 3 aromatic rings. The number of nitrogens with one attached hydrogen (secondary N) is 1. The van der Waals surface area contributed by atoms with Gasteiger partial charge in [0.15, 0.2) is 5.13 Å². The number of carbonyl (C=O) groups is 1. The second kappa shape index (κ2) is 5.67. The zero-order valence-electron chi connectivity index (χ0n) is 11.2. The average Bonchev–Trinajstić information content (AvgIpc) is 3.09. The molecule has 6 heteroatoms. The fourth-order valence-corrected chi connectivity index (χ4v) is 3.60. The van der Waals surface area contributed by atoms with Gasteiger partial charge in [-0.15, -0.1) is 22.7 Å². The fraction of sp³-hybridized carbons (Fsp3) is 0.0667. The number of nitrogens with zero attached hydrogens (tertiary/aromatic N) is 1. The molecule has 0 fully saturated rings. The molecule has 0 bridgehead atoms. The van der Waals surface area contributed by atoms with Crippen molar-refractivity contribution in [2.24, 2.45) is 0 Å². The maximum absolute atomic E-state index is 10.8. The van der Waals surface area contributed by atoms with Crippen molar-refractivity contribution in [3.8, 4) is 10.6 Å². The van der Waals surface area contributed by atoms with Crippen molar-refractivity contribution in [1.29, 1.82) is 0 Å². The molecule has 0 atom stereocenters. The number of hydrogen-bond acceptors (Lipinski definition) is 5. The van der Waals surface area contributed by atoms with E-state index in [1.807, 2.05) is 18.4 Å². The molecule has 4 nitrogen and oxygen atoms in total. The van der Waals surface area contributed by atoms with Crippen molar-refractivity contribution in [2.75, 3.05) is 5.32 Å². The zero-order chi connectivity index (χ0) is 14.8. The van der Waals surface area contributed by atoms with Crippen molar-refractivity contribution in [1.82, 2.24) is 4.98 Å². The van der Waals surface area contributed by atoms with E-state index in [1.165, 1.54) is 0 Å². The van der Waals surface area contributed by atoms with E-state index in [9.17, 15) is 4.79 Å². The van der Waals surface area contributed by atoms with Crippen LogP contribution in [-0.4, -0.2) is 16.1 Å². The molecule has 2 N–H and O–H groups in total. The molecule has 2 heterocycles. The second-order valence-electron chi connectivity index (χ2n) is 4.41. The first kappa shape index (κ1) is 13.8. The Balaban J connectivity index is 1.82. The number of carboxylic acids is 1. The number of thiophene rings is 1. The summed E-state index contributed by atoms with van der Waals surface area (Å²) in [6.45, 7) is 2.05. The van der Waals surface area contributed by atoms with Gasteiger partial charge in [0.05, 0.1) is 16.1 Å². The second-order valence-corrected chi connectivity index (χ2v) is 6.56. The van der Waals surface area contributed by atoms with E-state index >= 15 is 0 Å². The zero-order valence-corrected chi connectivity index (χ0v) is 12.8. The van der Waals surface area contributed by atoms with Crippen LogP contribution in [0.2, 0.25) is 0 Å². The van der Waals surface area contributed by atoms with Gasteiger partial charge in [-0.3, -0.25) is 0 Å². The van der Waals surface area contributed by atoms with Crippen molar-refractivity contribution >= 4 is 39.5 Å². The van der Waals surface area contributed by atoms with Crippen LogP contribution in [0.5, 0.6) is 0 Å². The first-order valence-corrected chi connectivity index (χ1v) is 7.95. The third-order valence-corrected chi connectivity index (χ3v) is 4.70. The highest BCUT2D eigenvalue weighted by atomic mass is 32.1. The Morgan fingerprint density at radius 1 is 1.24 bits per heavy atom. The number of aryl methyl sites for hydroxylation is 1. The minimum absolute atomic E-state index is 0.273. The number of benzene rings is 1. The molecule has 1 aromatic carbocycles. The lowest BCUT2D eigenvalue weighted by molar-refractivity contribution is 0.0697. The molecule has 21 heavy (non-hydrogen) atoms. The maximum atomic E-state index is 10.8. The van der Waals surface area contributed by atoms with Crippen LogP contribution in [0.4, 0.5) is 10.8 Å². The van der Waals surface area contributed by atoms with Gasteiger partial charge in [-0.2, -0.15) is 0 Å². The highest BCUT2D eigenvalue weighted by molar-refractivity contribution is 7.17. The lowest BCUT2D eigenvalue weighted by Crippen LogP contribution is -1.96. The Morgan fingerprint density at radius 3 is 2.62 bits per heavy atom. The van der Waals surface area contributed by atoms with Crippen molar-refractivity contribution < 1.29 is 9.90 Å². The van der Waals surface area contributed by atoms with E-state index in [1.54, 1.807) is 46.9 Å². The predicted molar refractivity (Wildman–Crippen MR) is 86.8 cm³/mol. The van der Waals surface area contributed by atoms with Crippen LogP contribution < -0.4 is 5.32 Å². The number of aromatic carboxylic acids is 1. The molecule has 0 unspecified atom stereocenters. The van der Waals surface area contributed by atoms with Gasteiger partial charge >= 0.3 is 5.97 Å². The number of thiazole rings is 1. The van der Waals surface area contributed by atoms with Crippen LogP contribution in [0.1, 0.15) is 15.2 Å². The SMILES string of the molecule is Cc1sc(Nc2ccc(C(=O)O)cc2)nc1-c1cccs1. The quantitative estimate of drug-likeness (QED) is 0.737. The Labute approximate surface area is 129 Å². The van der Waals surface area contributed by atoms with Gasteiger partial charge in [-0.05, 0) is 42.6 Å². The van der Waals surface area contributed by atoms with Gasteiger partial charge in [0, 0.05) is 10.6 Å². The van der Waals surface area contributed by atoms with Crippen molar-refractivity contribution in [3.05, 3.63) is 52.2 Å². The smallest absolute Gasteiger partial charge is 0.335 e. The first-order valence-electron chi connectivity index (χ1n) is 6.25. The first-order chi connectivity index (χ1) is 10.1. The van der Waals surface area contributed by atoms with E-state index in [0.29, 0.717) is 0 Å². The topological polar surface area (TPSA) is 62.2 Å². The summed E-state index contributed by atoms with van der Waals surface area (Å²) in [5.41, 5.74) is 2.10. The summed E-state index contributed by atoms with van der Waals surface area (Å²) in [5.74, 6) is -0.924. The molecule has 0 radical (unpaired) electrons. The molecule has 0 spiro atoms. The molecular weight excluding hydrogens is 304 g/mol. The van der Waals surface area contributed by atoms with Crippen LogP contribution in [0.15, 0.2) is 41.8 Å². The number of hydrogen-bond donors (Lipinski definition) is 2. The number of carboxylic acid groups (broad SMARTS) is 1. The normalized spacial score (nSPS) is 10.5. The van der Waals surface area contributed by atoms with Crippen molar-refractivity contribution in [3.63, 3.8) is 0 Å². The number of aromatic nitrogens is 1. The summed E-state index contributed by atoms with van der Waals surface area (Å²) in [7, 11) is 0. The summed E-state index contributed by atoms with van der Waals surface area (Å²) in [6, 6.07) is 10.7. The van der Waals surface area contributed by atoms with Crippen LogP contribution in [0.3, 0.4) is 0 Å². The Kier molecular flexibility index (Phi) is 3.72. The van der Waals surface area contributed by atoms with Crippen molar-refractivity contribution in [2.45, 2.75) is 6.92 Å². The van der Waals surface area contributed by atoms with Gasteiger partial charge < -0.3 is 10.4 Å². The van der Waals surface area contributed by atoms with Crippen LogP contribution in [0.25, 0.3) is 10.6 Å². The molecule has 0 saturated heterocycles. The third-order valence-electron chi connectivity index (χ3n) is 2.93. The fourth-order valence-electron chi connectivity index (χ4n) is 1.91. The number of rotatable bonds is 4. The van der Waals surface area contributed by atoms with Gasteiger partial charge in [-0.25, -0.2) is 9.78 Å². The van der Waals surface area contributed by atoms with Crippen LogP contribution >= 0.6 is 22.7 Å². The van der Waals surface area contributed by atoms with E-state index in [-0.39, 0.29) is 5.56 Å². The Bertz CT molecular complexity index is 762. The van der Waals surface area contributed by atoms with Gasteiger partial charge in [0.2, 0.25) is 0 Å². The van der Waals surface area contributed by atoms with Gasteiger partial charge in [0.25, 0.3) is 0 Å². The average molecular weight is 316 g/mol. The molecule has 0 amide bonds. The lowest BCUT2D eigenvalue weighted by atomic mass is 10.2. The lowest BCUT2D eigenvalue weighted by Gasteiger charge is -2.02. The van der Waals surface area contributed by atoms with E-state index < -0.39 is 5.97 Å². The minimum atomic E-state index is -0.924. The molecule has 3 rings (SSSR count). The summed E-state index contributed by atoms with van der Waals surface area (Å²) >= 11 is 3.25. The highest BCUT2D eigenvalue weighted by Crippen LogP contribution is 2.34. The van der Waals surface area contributed by atoms with Gasteiger partial charge in [0.1, 0.15) is 0 Å². The predicted octanol–water partition coefficient (Wildman–Crippen LogP) is 4.62. The minimum Gasteiger partial charge on any atom is -0.478 e. The Morgan fingerprint density at radius 2 is 2.00 bits per heavy atom. The number of anilines is 2. The molecule has 0 aliphatic heterocycles. The molecule has 0 aliphatic rings. The third kappa shape index (κ3) is 2.96. The summed E-state index contributed by atoms with van der Waals surface area (Å²) in [5, 5.41) is 14.9. The molecule has 0 aliphatic carbocycles. The summed E-state index contributed by atoms with van der Waals surface area (Å²) in [4.78, 5) is 17.7. The molecule has 2 aromatic heterocycles. The standard InChI is InChI=1S/C15H12N2O2S2/c1-9-13(12-3-2-8-20-12)17-15(21-9)16-11-6-4-10(5-7-11)14(18)19/h2-8H,1H3,(H,16,17)(H,18,19). The molecular formula is C15H12N2O2S2. The van der Waals surface area contributed by atoms with Crippen LogP contribution in [0, 0.1) is 6.92 Å². The molecule has 0 saturated carbocycles. The highest BCUT2D eigenvalue weighted by Gasteiger charge is 2.11. The maximum Gasteiger partial charge on any atom is 0.335 e. The van der Waals surface area contributed by atoms with E-state index in [2.05, 4.69) is 16.4 Å². The van der Waals surface area contributed by atoms with Gasteiger partial charge in [-0.1, -0.05) is 6.07 Å². The molecule has 106 valence electrons.